The number of rotatable bonds is 4. The number of carboxylic acids is 1. The normalized spacial score (nSPS) is 18.4. The highest BCUT2D eigenvalue weighted by atomic mass is 32.2. The van der Waals surface area contributed by atoms with Crippen LogP contribution in [0.2, 0.25) is 0 Å². The molecule has 1 aliphatic rings. The molecule has 1 aromatic carbocycles. The molecule has 0 spiro atoms. The monoisotopic (exact) mass is 298 g/mol. The Balaban J connectivity index is 2.21. The van der Waals surface area contributed by atoms with Crippen LogP contribution in [-0.2, 0) is 14.8 Å². The van der Waals surface area contributed by atoms with Crippen molar-refractivity contribution in [2.75, 3.05) is 5.32 Å². The van der Waals surface area contributed by atoms with Gasteiger partial charge in [0.05, 0.1) is 4.90 Å². The third-order valence-electron chi connectivity index (χ3n) is 3.68. The largest absolute Gasteiger partial charge is 0.480 e. The van der Waals surface area contributed by atoms with E-state index in [4.69, 9.17) is 5.14 Å². The SMILES string of the molecule is NS(=O)(=O)c1ccc(NC2(C(=O)O)CCCCC2)cc1. The van der Waals surface area contributed by atoms with Crippen LogP contribution in [0.3, 0.4) is 0 Å². The Morgan fingerprint density at radius 1 is 1.15 bits per heavy atom. The van der Waals surface area contributed by atoms with Crippen molar-refractivity contribution in [3.05, 3.63) is 24.3 Å². The zero-order chi connectivity index (χ0) is 14.8. The Kier molecular flexibility index (Phi) is 4.01. The highest BCUT2D eigenvalue weighted by Crippen LogP contribution is 2.32. The van der Waals surface area contributed by atoms with E-state index in [0.717, 1.165) is 19.3 Å². The van der Waals surface area contributed by atoms with Gasteiger partial charge in [0.15, 0.2) is 0 Å². The molecular weight excluding hydrogens is 280 g/mol. The van der Waals surface area contributed by atoms with E-state index in [1.807, 2.05) is 0 Å². The molecule has 2 rings (SSSR count). The number of nitrogens with one attached hydrogen (secondary N) is 1. The summed E-state index contributed by atoms with van der Waals surface area (Å²) in [6.45, 7) is 0. The molecule has 7 heteroatoms. The fourth-order valence-electron chi connectivity index (χ4n) is 2.55. The van der Waals surface area contributed by atoms with E-state index in [9.17, 15) is 18.3 Å². The molecule has 1 aliphatic carbocycles. The molecule has 0 amide bonds. The summed E-state index contributed by atoms with van der Waals surface area (Å²) in [5.41, 5.74) is -0.372. The summed E-state index contributed by atoms with van der Waals surface area (Å²) < 4.78 is 22.3. The van der Waals surface area contributed by atoms with E-state index in [0.29, 0.717) is 18.5 Å². The van der Waals surface area contributed by atoms with Crippen LogP contribution >= 0.6 is 0 Å². The van der Waals surface area contributed by atoms with E-state index < -0.39 is 21.5 Å². The van der Waals surface area contributed by atoms with E-state index >= 15 is 0 Å². The molecule has 6 nitrogen and oxygen atoms in total. The molecule has 0 bridgehead atoms. The van der Waals surface area contributed by atoms with Crippen molar-refractivity contribution in [3.8, 4) is 0 Å². The number of aliphatic carboxylic acids is 1. The lowest BCUT2D eigenvalue weighted by Gasteiger charge is -2.34. The summed E-state index contributed by atoms with van der Waals surface area (Å²) >= 11 is 0. The van der Waals surface area contributed by atoms with E-state index in [-0.39, 0.29) is 4.90 Å². The first-order valence-electron chi connectivity index (χ1n) is 6.48. The molecule has 0 heterocycles. The Morgan fingerprint density at radius 3 is 2.15 bits per heavy atom. The van der Waals surface area contributed by atoms with Crippen molar-refractivity contribution < 1.29 is 18.3 Å². The minimum atomic E-state index is -3.73. The van der Waals surface area contributed by atoms with Gasteiger partial charge in [0.25, 0.3) is 0 Å². The van der Waals surface area contributed by atoms with Crippen LogP contribution < -0.4 is 10.5 Å². The number of carboxylic acid groups (broad SMARTS) is 1. The first kappa shape index (κ1) is 14.8. The quantitative estimate of drug-likeness (QED) is 0.781. The van der Waals surface area contributed by atoms with Gasteiger partial charge in [-0.25, -0.2) is 18.4 Å². The van der Waals surface area contributed by atoms with E-state index in [2.05, 4.69) is 5.32 Å². The Labute approximate surface area is 118 Å². The lowest BCUT2D eigenvalue weighted by atomic mass is 9.81. The lowest BCUT2D eigenvalue weighted by Crippen LogP contribution is -2.47. The second kappa shape index (κ2) is 5.41. The van der Waals surface area contributed by atoms with Crippen LogP contribution in [0.5, 0.6) is 0 Å². The number of primary sulfonamides is 1. The maximum atomic E-state index is 11.5. The smallest absolute Gasteiger partial charge is 0.329 e. The summed E-state index contributed by atoms with van der Waals surface area (Å²) in [6, 6.07) is 5.82. The van der Waals surface area contributed by atoms with Crippen LogP contribution in [0.1, 0.15) is 32.1 Å². The number of anilines is 1. The predicted octanol–water partition coefficient (Wildman–Crippen LogP) is 1.53. The average molecular weight is 298 g/mol. The van der Waals surface area contributed by atoms with Crippen molar-refractivity contribution in [2.45, 2.75) is 42.5 Å². The minimum Gasteiger partial charge on any atom is -0.480 e. The minimum absolute atomic E-state index is 0.0102. The molecule has 0 radical (unpaired) electrons. The molecular formula is C13H18N2O4S. The fourth-order valence-corrected chi connectivity index (χ4v) is 3.07. The first-order valence-corrected chi connectivity index (χ1v) is 8.03. The first-order chi connectivity index (χ1) is 9.33. The van der Waals surface area contributed by atoms with E-state index in [1.54, 1.807) is 12.1 Å². The van der Waals surface area contributed by atoms with Crippen LogP contribution in [-0.4, -0.2) is 25.0 Å². The van der Waals surface area contributed by atoms with Crippen LogP contribution in [0, 0.1) is 0 Å². The summed E-state index contributed by atoms with van der Waals surface area (Å²) in [5.74, 6) is -0.868. The van der Waals surface area contributed by atoms with Crippen molar-refractivity contribution in [2.24, 2.45) is 5.14 Å². The van der Waals surface area contributed by atoms with Gasteiger partial charge in [0.2, 0.25) is 10.0 Å². The van der Waals surface area contributed by atoms with Crippen LogP contribution in [0.25, 0.3) is 0 Å². The van der Waals surface area contributed by atoms with Gasteiger partial charge in [-0.3, -0.25) is 0 Å². The van der Waals surface area contributed by atoms with Gasteiger partial charge in [-0.1, -0.05) is 19.3 Å². The van der Waals surface area contributed by atoms with Crippen molar-refractivity contribution >= 4 is 21.7 Å². The molecule has 0 saturated heterocycles. The van der Waals surface area contributed by atoms with Crippen LogP contribution in [0.15, 0.2) is 29.2 Å². The molecule has 4 N–H and O–H groups in total. The highest BCUT2D eigenvalue weighted by molar-refractivity contribution is 7.89. The summed E-state index contributed by atoms with van der Waals surface area (Å²) in [7, 11) is -3.73. The van der Waals surface area contributed by atoms with Gasteiger partial charge in [-0.05, 0) is 37.1 Å². The Hall–Kier alpha value is -1.60. The predicted molar refractivity (Wildman–Crippen MR) is 74.9 cm³/mol. The van der Waals surface area contributed by atoms with Gasteiger partial charge in [-0.2, -0.15) is 0 Å². The summed E-state index contributed by atoms with van der Waals surface area (Å²) in [4.78, 5) is 11.5. The second-order valence-corrected chi connectivity index (χ2v) is 6.70. The maximum Gasteiger partial charge on any atom is 0.329 e. The number of hydrogen-bond acceptors (Lipinski definition) is 4. The van der Waals surface area contributed by atoms with Gasteiger partial charge < -0.3 is 10.4 Å². The third-order valence-corrected chi connectivity index (χ3v) is 4.61. The van der Waals surface area contributed by atoms with Gasteiger partial charge in [-0.15, -0.1) is 0 Å². The molecule has 1 saturated carbocycles. The average Bonchev–Trinajstić information content (AvgIpc) is 2.39. The zero-order valence-electron chi connectivity index (χ0n) is 11.0. The Morgan fingerprint density at radius 2 is 1.70 bits per heavy atom. The van der Waals surface area contributed by atoms with Crippen molar-refractivity contribution in [1.82, 2.24) is 0 Å². The van der Waals surface area contributed by atoms with E-state index in [1.165, 1.54) is 12.1 Å². The highest BCUT2D eigenvalue weighted by Gasteiger charge is 2.39. The topological polar surface area (TPSA) is 109 Å². The lowest BCUT2D eigenvalue weighted by molar-refractivity contribution is -0.143. The Bertz CT molecular complexity index is 589. The maximum absolute atomic E-state index is 11.5. The standard InChI is InChI=1S/C13H18N2O4S/c14-20(18,19)11-6-4-10(5-7-11)15-13(12(16)17)8-2-1-3-9-13/h4-7,15H,1-3,8-9H2,(H,16,17)(H2,14,18,19). The third kappa shape index (κ3) is 3.10. The van der Waals surface area contributed by atoms with Crippen molar-refractivity contribution in [1.29, 1.82) is 0 Å². The fraction of sp³-hybridized carbons (Fsp3) is 0.462. The molecule has 1 aromatic rings. The molecule has 1 fully saturated rings. The number of benzene rings is 1. The van der Waals surface area contributed by atoms with Gasteiger partial charge in [0.1, 0.15) is 5.54 Å². The number of carbonyl (C=O) groups is 1. The molecule has 20 heavy (non-hydrogen) atoms. The van der Waals surface area contributed by atoms with Crippen LogP contribution in [0.4, 0.5) is 5.69 Å². The molecule has 110 valence electrons. The second-order valence-electron chi connectivity index (χ2n) is 5.14. The van der Waals surface area contributed by atoms with Crippen molar-refractivity contribution in [3.63, 3.8) is 0 Å². The van der Waals surface area contributed by atoms with Gasteiger partial charge >= 0.3 is 5.97 Å². The molecule has 0 aliphatic heterocycles. The zero-order valence-corrected chi connectivity index (χ0v) is 11.8. The summed E-state index contributed by atoms with van der Waals surface area (Å²) in [5, 5.41) is 17.5. The molecule has 0 unspecified atom stereocenters. The molecule has 0 atom stereocenters. The summed E-state index contributed by atoms with van der Waals surface area (Å²) in [6.07, 6.45) is 3.92. The molecule has 0 aromatic heterocycles. The number of hydrogen-bond donors (Lipinski definition) is 3. The van der Waals surface area contributed by atoms with Gasteiger partial charge in [0, 0.05) is 5.69 Å². The number of sulfonamides is 1. The number of nitrogens with two attached hydrogens (primary N) is 1.